The molecule has 0 fully saturated rings. The van der Waals surface area contributed by atoms with Crippen LogP contribution in [0.1, 0.15) is 11.3 Å². The number of nitrogens with two attached hydrogens (primary N) is 1. The van der Waals surface area contributed by atoms with Crippen LogP contribution in [0.15, 0.2) is 88.7 Å². The Morgan fingerprint density at radius 1 is 0.967 bits per heavy atom. The predicted octanol–water partition coefficient (Wildman–Crippen LogP) is 4.28. The van der Waals surface area contributed by atoms with E-state index in [4.69, 9.17) is 0 Å². The van der Waals surface area contributed by atoms with Crippen molar-refractivity contribution in [3.63, 3.8) is 0 Å². The van der Waals surface area contributed by atoms with E-state index in [2.05, 4.69) is 39.6 Å². The first-order valence-electron chi connectivity index (χ1n) is 9.65. The van der Waals surface area contributed by atoms with Crippen molar-refractivity contribution in [2.75, 3.05) is 5.32 Å². The largest absolute Gasteiger partial charge is 0.326 e. The quantitative estimate of drug-likeness (QED) is 0.481. The van der Waals surface area contributed by atoms with Crippen LogP contribution in [-0.4, -0.2) is 16.7 Å². The Hall–Kier alpha value is -3.61. The Bertz CT molecular complexity index is 1220. The Morgan fingerprint density at radius 3 is 2.53 bits per heavy atom. The van der Waals surface area contributed by atoms with Crippen LogP contribution >= 0.6 is 11.3 Å². The first-order chi connectivity index (χ1) is 14.7. The van der Waals surface area contributed by atoms with Crippen LogP contribution < -0.4 is 10.6 Å². The van der Waals surface area contributed by atoms with E-state index in [-0.39, 0.29) is 5.91 Å². The van der Waals surface area contributed by atoms with E-state index in [0.29, 0.717) is 6.42 Å². The fraction of sp³-hybridized carbons (Fsp3) is 0.0417. The molecule has 3 N–H and O–H groups in total. The maximum absolute atomic E-state index is 12.5. The standard InChI is InChI=1S/C24H18N4OS/c29-23(12-16-6-8-18(9-7-16)17-4-2-1-3-5-17)26-19-10-11-20-21(13-19)28-24(27-20)22-14-30-15-25-22/h1-11,13-15H,12H2,(H,26,29)(H,27,28)/p+1. The van der Waals surface area contributed by atoms with Crippen molar-refractivity contribution in [2.24, 2.45) is 4.99 Å². The summed E-state index contributed by atoms with van der Waals surface area (Å²) >= 11 is 1.55. The number of thiazole rings is 1. The number of rotatable bonds is 5. The summed E-state index contributed by atoms with van der Waals surface area (Å²) in [6.07, 6.45) is 0.330. The highest BCUT2D eigenvalue weighted by molar-refractivity contribution is 7.07. The van der Waals surface area contributed by atoms with Gasteiger partial charge in [0.15, 0.2) is 11.4 Å². The summed E-state index contributed by atoms with van der Waals surface area (Å²) in [5.74, 6) is 0.814. The number of hydrogen-bond acceptors (Lipinski definition) is 4. The second kappa shape index (κ2) is 8.02. The number of fused-ring (bicyclic) bond motifs is 1. The van der Waals surface area contributed by atoms with Gasteiger partial charge >= 0.3 is 0 Å². The molecule has 0 spiro atoms. The zero-order valence-corrected chi connectivity index (χ0v) is 16.9. The summed E-state index contributed by atoms with van der Waals surface area (Å²) in [5, 5.41) is 6.97. The number of amidine groups is 1. The maximum Gasteiger partial charge on any atom is 0.257 e. The number of carbonyl (C=O) groups excluding carboxylic acids is 1. The van der Waals surface area contributed by atoms with Crippen LogP contribution in [-0.2, 0) is 11.2 Å². The summed E-state index contributed by atoms with van der Waals surface area (Å²) in [6.45, 7) is 0. The summed E-state index contributed by atoms with van der Waals surface area (Å²) in [5.41, 5.74) is 8.62. The van der Waals surface area contributed by atoms with Crippen molar-refractivity contribution in [3.05, 3.63) is 94.9 Å². The van der Waals surface area contributed by atoms with Crippen LogP contribution in [0.5, 0.6) is 0 Å². The number of amides is 1. The Morgan fingerprint density at radius 2 is 1.77 bits per heavy atom. The summed E-state index contributed by atoms with van der Waals surface area (Å²) in [7, 11) is 0. The minimum Gasteiger partial charge on any atom is -0.326 e. The second-order valence-electron chi connectivity index (χ2n) is 7.08. The van der Waals surface area contributed by atoms with Gasteiger partial charge in [-0.2, -0.15) is 4.99 Å². The van der Waals surface area contributed by atoms with E-state index in [1.165, 1.54) is 5.56 Å². The molecule has 1 aromatic heterocycles. The third kappa shape index (κ3) is 3.91. The topological polar surface area (TPSA) is 71.0 Å². The molecule has 30 heavy (non-hydrogen) atoms. The molecule has 3 aromatic carbocycles. The van der Waals surface area contributed by atoms with Crippen LogP contribution in [0, 0.1) is 0 Å². The minimum atomic E-state index is -0.0407. The lowest BCUT2D eigenvalue weighted by Gasteiger charge is -2.07. The number of aromatic nitrogens is 1. The lowest BCUT2D eigenvalue weighted by Crippen LogP contribution is -2.80. The van der Waals surface area contributed by atoms with Gasteiger partial charge in [-0.3, -0.25) is 10.1 Å². The normalized spacial score (nSPS) is 12.3. The average molecular weight is 412 g/mol. The zero-order chi connectivity index (χ0) is 20.3. The molecule has 0 saturated heterocycles. The third-order valence-electron chi connectivity index (χ3n) is 4.96. The van der Waals surface area contributed by atoms with Gasteiger partial charge in [0.1, 0.15) is 5.69 Å². The van der Waals surface area contributed by atoms with Gasteiger partial charge in [0.25, 0.3) is 5.84 Å². The number of aliphatic imine (C=N–C) groups is 1. The fourth-order valence-electron chi connectivity index (χ4n) is 3.47. The molecule has 5 rings (SSSR count). The molecule has 0 radical (unpaired) electrons. The molecule has 0 atom stereocenters. The molecule has 0 unspecified atom stereocenters. The number of quaternary nitrogens is 1. The van der Waals surface area contributed by atoms with Crippen molar-refractivity contribution in [1.29, 1.82) is 0 Å². The summed E-state index contributed by atoms with van der Waals surface area (Å²) in [4.78, 5) is 21.4. The number of carbonyl (C=O) groups is 1. The lowest BCUT2D eigenvalue weighted by atomic mass is 10.0. The Kier molecular flexibility index (Phi) is 4.93. The van der Waals surface area contributed by atoms with Crippen LogP contribution in [0.2, 0.25) is 0 Å². The first kappa shape index (κ1) is 18.4. The van der Waals surface area contributed by atoms with Crippen LogP contribution in [0.3, 0.4) is 0 Å². The molecular formula is C24H19N4OS+. The molecule has 1 aliphatic rings. The summed E-state index contributed by atoms with van der Waals surface area (Å²) < 4.78 is 0. The molecular weight excluding hydrogens is 392 g/mol. The van der Waals surface area contributed by atoms with Gasteiger partial charge in [-0.15, -0.1) is 11.3 Å². The van der Waals surface area contributed by atoms with Crippen molar-refractivity contribution < 1.29 is 10.1 Å². The van der Waals surface area contributed by atoms with Crippen molar-refractivity contribution >= 4 is 40.1 Å². The van der Waals surface area contributed by atoms with E-state index < -0.39 is 0 Å². The SMILES string of the molecule is O=C(Cc1ccc(-c2ccccc2)cc1)Nc1ccc2c(c1)[NH2+]C(c1cscn1)=N2. The van der Waals surface area contributed by atoms with E-state index in [0.717, 1.165) is 39.7 Å². The highest BCUT2D eigenvalue weighted by Gasteiger charge is 2.22. The average Bonchev–Trinajstić information content (AvgIpc) is 3.44. The van der Waals surface area contributed by atoms with Crippen LogP contribution in [0.25, 0.3) is 11.1 Å². The van der Waals surface area contributed by atoms with Gasteiger partial charge in [0, 0.05) is 17.1 Å². The van der Waals surface area contributed by atoms with Gasteiger partial charge in [-0.05, 0) is 28.8 Å². The van der Waals surface area contributed by atoms with E-state index in [9.17, 15) is 4.79 Å². The van der Waals surface area contributed by atoms with Gasteiger partial charge in [-0.1, -0.05) is 54.6 Å². The molecule has 6 heteroatoms. The second-order valence-corrected chi connectivity index (χ2v) is 7.80. The van der Waals surface area contributed by atoms with Gasteiger partial charge in [0.05, 0.1) is 11.9 Å². The lowest BCUT2D eigenvalue weighted by molar-refractivity contribution is -0.437. The molecule has 0 bridgehead atoms. The van der Waals surface area contributed by atoms with Crippen LogP contribution in [0.4, 0.5) is 17.1 Å². The zero-order valence-electron chi connectivity index (χ0n) is 16.1. The number of hydrogen-bond donors (Lipinski definition) is 2. The molecule has 0 aliphatic carbocycles. The third-order valence-corrected chi connectivity index (χ3v) is 5.55. The molecule has 5 nitrogen and oxygen atoms in total. The minimum absolute atomic E-state index is 0.0407. The monoisotopic (exact) mass is 411 g/mol. The smallest absolute Gasteiger partial charge is 0.257 e. The van der Waals surface area contributed by atoms with E-state index in [1.807, 2.05) is 59.2 Å². The van der Waals surface area contributed by atoms with Crippen molar-refractivity contribution in [1.82, 2.24) is 4.98 Å². The molecule has 2 heterocycles. The molecule has 1 amide bonds. The number of nitrogens with one attached hydrogen (secondary N) is 1. The fourth-order valence-corrected chi connectivity index (χ4v) is 4.01. The number of anilines is 1. The molecule has 0 saturated carbocycles. The van der Waals surface area contributed by atoms with Gasteiger partial charge in [-0.25, -0.2) is 4.98 Å². The Labute approximate surface area is 178 Å². The van der Waals surface area contributed by atoms with Crippen molar-refractivity contribution in [2.45, 2.75) is 6.42 Å². The number of benzene rings is 3. The predicted molar refractivity (Wildman–Crippen MR) is 121 cm³/mol. The maximum atomic E-state index is 12.5. The molecule has 4 aromatic rings. The highest BCUT2D eigenvalue weighted by atomic mass is 32.1. The number of nitrogens with zero attached hydrogens (tertiary/aromatic N) is 2. The van der Waals surface area contributed by atoms with Crippen molar-refractivity contribution in [3.8, 4) is 11.1 Å². The molecule has 146 valence electrons. The van der Waals surface area contributed by atoms with E-state index >= 15 is 0 Å². The van der Waals surface area contributed by atoms with Gasteiger partial charge < -0.3 is 5.32 Å². The Balaban J connectivity index is 1.23. The van der Waals surface area contributed by atoms with Gasteiger partial charge in [0.2, 0.25) is 5.91 Å². The summed E-state index contributed by atoms with van der Waals surface area (Å²) in [6, 6.07) is 24.1. The molecule has 1 aliphatic heterocycles. The highest BCUT2D eigenvalue weighted by Crippen LogP contribution is 2.28. The van der Waals surface area contributed by atoms with E-state index in [1.54, 1.807) is 16.8 Å². The first-order valence-corrected chi connectivity index (χ1v) is 10.6.